The number of pyridine rings is 1. The Bertz CT molecular complexity index is 871. The summed E-state index contributed by atoms with van der Waals surface area (Å²) in [5, 5.41) is 4.16. The van der Waals surface area contributed by atoms with Crippen LogP contribution in [0.3, 0.4) is 0 Å². The number of aryl methyl sites for hydroxylation is 2. The lowest BCUT2D eigenvalue weighted by molar-refractivity contribution is -0.113. The lowest BCUT2D eigenvalue weighted by Crippen LogP contribution is -2.16. The van der Waals surface area contributed by atoms with Gasteiger partial charge in [0, 0.05) is 22.2 Å². The van der Waals surface area contributed by atoms with Crippen LogP contribution in [0.4, 0.5) is 5.69 Å². The predicted octanol–water partition coefficient (Wildman–Crippen LogP) is 4.84. The second kappa shape index (κ2) is 7.49. The first-order chi connectivity index (χ1) is 11.7. The minimum absolute atomic E-state index is 0.0111. The van der Waals surface area contributed by atoms with Gasteiger partial charge >= 0.3 is 0 Å². The quantitative estimate of drug-likeness (QED) is 0.678. The maximum absolute atomic E-state index is 12.4. The summed E-state index contributed by atoms with van der Waals surface area (Å²) in [6.07, 6.45) is 2.69. The van der Waals surface area contributed by atoms with E-state index in [1.165, 1.54) is 17.3 Å². The molecule has 0 radical (unpaired) electrons. The SMILES string of the molecule is CCc1cccc(C)c1NC(=O)CSc1cccc2cccnc12. The lowest BCUT2D eigenvalue weighted by atomic mass is 10.1. The maximum Gasteiger partial charge on any atom is 0.234 e. The van der Waals surface area contributed by atoms with Gasteiger partial charge in [-0.05, 0) is 36.6 Å². The van der Waals surface area contributed by atoms with Gasteiger partial charge in [0.15, 0.2) is 0 Å². The van der Waals surface area contributed by atoms with Gasteiger partial charge in [-0.1, -0.05) is 43.3 Å². The van der Waals surface area contributed by atoms with E-state index in [0.717, 1.165) is 33.5 Å². The lowest BCUT2D eigenvalue weighted by Gasteiger charge is -2.13. The van der Waals surface area contributed by atoms with Crippen LogP contribution in [-0.4, -0.2) is 16.6 Å². The number of hydrogen-bond acceptors (Lipinski definition) is 3. The van der Waals surface area contributed by atoms with Crippen LogP contribution in [0.25, 0.3) is 10.9 Å². The van der Waals surface area contributed by atoms with E-state index in [2.05, 4.69) is 23.3 Å². The standard InChI is InChI=1S/C20H20N2OS/c1-3-15-8-4-7-14(2)19(15)22-18(23)13-24-17-11-5-9-16-10-6-12-21-20(16)17/h4-12H,3,13H2,1-2H3,(H,22,23). The summed E-state index contributed by atoms with van der Waals surface area (Å²) in [4.78, 5) is 17.9. The molecule has 0 aliphatic carbocycles. The molecule has 0 spiro atoms. The summed E-state index contributed by atoms with van der Waals surface area (Å²) in [6, 6.07) is 16.1. The van der Waals surface area contributed by atoms with Crippen molar-refractivity contribution in [3.8, 4) is 0 Å². The molecule has 0 atom stereocenters. The number of anilines is 1. The third-order valence-corrected chi connectivity index (χ3v) is 5.01. The molecule has 4 heteroatoms. The Hall–Kier alpha value is -2.33. The summed E-state index contributed by atoms with van der Waals surface area (Å²) < 4.78 is 0. The van der Waals surface area contributed by atoms with Gasteiger partial charge in [0.1, 0.15) is 0 Å². The highest BCUT2D eigenvalue weighted by Gasteiger charge is 2.10. The van der Waals surface area contributed by atoms with Crippen LogP contribution < -0.4 is 5.32 Å². The van der Waals surface area contributed by atoms with Crippen LogP contribution in [0.2, 0.25) is 0 Å². The van der Waals surface area contributed by atoms with Crippen molar-refractivity contribution in [2.24, 2.45) is 0 Å². The van der Waals surface area contributed by atoms with Crippen LogP contribution in [-0.2, 0) is 11.2 Å². The van der Waals surface area contributed by atoms with E-state index in [1.54, 1.807) is 6.20 Å². The molecule has 0 aliphatic rings. The normalized spacial score (nSPS) is 10.8. The van der Waals surface area contributed by atoms with E-state index in [1.807, 2.05) is 49.4 Å². The molecule has 3 aromatic rings. The Morgan fingerprint density at radius 3 is 2.75 bits per heavy atom. The highest BCUT2D eigenvalue weighted by Crippen LogP contribution is 2.27. The van der Waals surface area contributed by atoms with Crippen molar-refractivity contribution in [2.75, 3.05) is 11.1 Å². The fourth-order valence-corrected chi connectivity index (χ4v) is 3.55. The molecule has 1 N–H and O–H groups in total. The fraction of sp³-hybridized carbons (Fsp3) is 0.200. The smallest absolute Gasteiger partial charge is 0.234 e. The number of benzene rings is 2. The second-order valence-electron chi connectivity index (χ2n) is 5.63. The zero-order valence-corrected chi connectivity index (χ0v) is 14.7. The Morgan fingerprint density at radius 1 is 1.12 bits per heavy atom. The van der Waals surface area contributed by atoms with Crippen molar-refractivity contribution in [1.29, 1.82) is 0 Å². The van der Waals surface area contributed by atoms with Crippen molar-refractivity contribution in [2.45, 2.75) is 25.2 Å². The molecular weight excluding hydrogens is 316 g/mol. The van der Waals surface area contributed by atoms with Gasteiger partial charge in [0.25, 0.3) is 0 Å². The first-order valence-corrected chi connectivity index (χ1v) is 9.02. The number of nitrogens with zero attached hydrogens (tertiary/aromatic N) is 1. The zero-order chi connectivity index (χ0) is 16.9. The number of thioether (sulfide) groups is 1. The van der Waals surface area contributed by atoms with E-state index in [4.69, 9.17) is 0 Å². The van der Waals surface area contributed by atoms with Gasteiger partial charge in [-0.3, -0.25) is 9.78 Å². The summed E-state index contributed by atoms with van der Waals surface area (Å²) in [6.45, 7) is 4.12. The molecule has 0 bridgehead atoms. The van der Waals surface area contributed by atoms with Crippen molar-refractivity contribution in [1.82, 2.24) is 4.98 Å². The molecule has 1 heterocycles. The monoisotopic (exact) mass is 336 g/mol. The maximum atomic E-state index is 12.4. The first kappa shape index (κ1) is 16.5. The second-order valence-corrected chi connectivity index (χ2v) is 6.65. The molecule has 0 fully saturated rings. The van der Waals surface area contributed by atoms with Crippen LogP contribution in [0, 0.1) is 6.92 Å². The molecule has 122 valence electrons. The number of hydrogen-bond donors (Lipinski definition) is 1. The van der Waals surface area contributed by atoms with Crippen molar-refractivity contribution in [3.05, 3.63) is 65.9 Å². The number of nitrogens with one attached hydrogen (secondary N) is 1. The van der Waals surface area contributed by atoms with Gasteiger partial charge in [-0.25, -0.2) is 0 Å². The third kappa shape index (κ3) is 3.60. The van der Waals surface area contributed by atoms with Gasteiger partial charge < -0.3 is 5.32 Å². The van der Waals surface area contributed by atoms with E-state index < -0.39 is 0 Å². The first-order valence-electron chi connectivity index (χ1n) is 8.04. The number of rotatable bonds is 5. The number of fused-ring (bicyclic) bond motifs is 1. The highest BCUT2D eigenvalue weighted by molar-refractivity contribution is 8.00. The molecule has 1 aromatic heterocycles. The molecule has 0 aliphatic heterocycles. The van der Waals surface area contributed by atoms with E-state index >= 15 is 0 Å². The Balaban J connectivity index is 1.72. The van der Waals surface area contributed by atoms with Crippen molar-refractivity contribution < 1.29 is 4.79 Å². The molecule has 0 unspecified atom stereocenters. The average molecular weight is 336 g/mol. The summed E-state index contributed by atoms with van der Waals surface area (Å²) in [5.74, 6) is 0.379. The molecule has 0 saturated carbocycles. The van der Waals surface area contributed by atoms with Crippen LogP contribution in [0.1, 0.15) is 18.1 Å². The van der Waals surface area contributed by atoms with Gasteiger partial charge in [0.2, 0.25) is 5.91 Å². The molecule has 3 nitrogen and oxygen atoms in total. The van der Waals surface area contributed by atoms with Crippen LogP contribution in [0.5, 0.6) is 0 Å². The zero-order valence-electron chi connectivity index (χ0n) is 13.9. The molecule has 2 aromatic carbocycles. The Morgan fingerprint density at radius 2 is 1.92 bits per heavy atom. The van der Waals surface area contributed by atoms with Crippen LogP contribution >= 0.6 is 11.8 Å². The molecule has 24 heavy (non-hydrogen) atoms. The molecular formula is C20H20N2OS. The molecule has 1 amide bonds. The van der Waals surface area contributed by atoms with Crippen molar-refractivity contribution >= 4 is 34.3 Å². The van der Waals surface area contributed by atoms with E-state index in [9.17, 15) is 4.79 Å². The average Bonchev–Trinajstić information content (AvgIpc) is 2.61. The highest BCUT2D eigenvalue weighted by atomic mass is 32.2. The minimum atomic E-state index is 0.0111. The summed E-state index contributed by atoms with van der Waals surface area (Å²) in [7, 11) is 0. The van der Waals surface area contributed by atoms with Crippen molar-refractivity contribution in [3.63, 3.8) is 0 Å². The number of para-hydroxylation sites is 2. The van der Waals surface area contributed by atoms with Gasteiger partial charge in [-0.15, -0.1) is 11.8 Å². The van der Waals surface area contributed by atoms with Gasteiger partial charge in [0.05, 0.1) is 11.3 Å². The largest absolute Gasteiger partial charge is 0.325 e. The fourth-order valence-electron chi connectivity index (χ4n) is 2.71. The van der Waals surface area contributed by atoms with Gasteiger partial charge in [-0.2, -0.15) is 0 Å². The Labute approximate surface area is 146 Å². The third-order valence-electron chi connectivity index (χ3n) is 3.96. The number of carbonyl (C=O) groups excluding carboxylic acids is 1. The number of amides is 1. The number of carbonyl (C=O) groups is 1. The predicted molar refractivity (Wildman–Crippen MR) is 102 cm³/mol. The summed E-state index contributed by atoms with van der Waals surface area (Å²) >= 11 is 1.52. The Kier molecular flexibility index (Phi) is 5.16. The summed E-state index contributed by atoms with van der Waals surface area (Å²) in [5.41, 5.74) is 4.16. The van der Waals surface area contributed by atoms with E-state index in [0.29, 0.717) is 5.75 Å². The topological polar surface area (TPSA) is 42.0 Å². The molecule has 0 saturated heterocycles. The van der Waals surface area contributed by atoms with Crippen LogP contribution in [0.15, 0.2) is 59.6 Å². The van der Waals surface area contributed by atoms with E-state index in [-0.39, 0.29) is 5.91 Å². The molecule has 3 rings (SSSR count). The number of aromatic nitrogens is 1. The minimum Gasteiger partial charge on any atom is -0.325 e.